The van der Waals surface area contributed by atoms with Crippen LogP contribution in [-0.2, 0) is 6.42 Å². The Kier molecular flexibility index (Phi) is 4.66. The van der Waals surface area contributed by atoms with Crippen LogP contribution in [0.25, 0.3) is 0 Å². The minimum Gasteiger partial charge on any atom is -0.310 e. The van der Waals surface area contributed by atoms with Gasteiger partial charge in [-0.2, -0.15) is 0 Å². The first-order valence-corrected chi connectivity index (χ1v) is 8.09. The molecule has 1 saturated carbocycles. The van der Waals surface area contributed by atoms with Crippen LogP contribution in [0.2, 0.25) is 0 Å². The molecular weight excluding hydrogens is 256 g/mol. The molecule has 0 saturated heterocycles. The van der Waals surface area contributed by atoms with Crippen LogP contribution in [0.1, 0.15) is 54.8 Å². The van der Waals surface area contributed by atoms with Crippen LogP contribution in [0.15, 0.2) is 48.8 Å². The monoisotopic (exact) mass is 280 g/mol. The molecule has 1 aromatic heterocycles. The predicted molar refractivity (Wildman–Crippen MR) is 87.4 cm³/mol. The molecule has 0 amide bonds. The summed E-state index contributed by atoms with van der Waals surface area (Å²) >= 11 is 0. The number of hydrogen-bond acceptors (Lipinski definition) is 2. The minimum absolute atomic E-state index is 0.397. The molecule has 1 atom stereocenters. The lowest BCUT2D eigenvalue weighted by Crippen LogP contribution is -2.25. The average molecular weight is 280 g/mol. The fourth-order valence-corrected chi connectivity index (χ4v) is 3.21. The lowest BCUT2D eigenvalue weighted by molar-refractivity contribution is 0.411. The van der Waals surface area contributed by atoms with Gasteiger partial charge >= 0.3 is 0 Å². The van der Waals surface area contributed by atoms with Gasteiger partial charge in [0.1, 0.15) is 0 Å². The molecule has 1 N–H and O–H groups in total. The molecule has 3 rings (SSSR count). The van der Waals surface area contributed by atoms with Gasteiger partial charge in [0, 0.05) is 18.4 Å². The molecule has 2 heteroatoms. The molecule has 0 radical (unpaired) electrons. The van der Waals surface area contributed by atoms with Crippen molar-refractivity contribution in [3.63, 3.8) is 0 Å². The van der Waals surface area contributed by atoms with Crippen molar-refractivity contribution in [1.82, 2.24) is 10.3 Å². The Hall–Kier alpha value is -1.67. The average Bonchev–Trinajstić information content (AvgIpc) is 2.47. The first-order chi connectivity index (χ1) is 10.4. The minimum atomic E-state index is 0.397. The molecule has 110 valence electrons. The van der Waals surface area contributed by atoms with Crippen LogP contribution >= 0.6 is 0 Å². The van der Waals surface area contributed by atoms with E-state index in [1.165, 1.54) is 30.4 Å². The second-order valence-corrected chi connectivity index (χ2v) is 5.93. The molecule has 1 heterocycles. The van der Waals surface area contributed by atoms with E-state index in [0.717, 1.165) is 18.9 Å². The number of hydrogen-bond donors (Lipinski definition) is 1. The van der Waals surface area contributed by atoms with E-state index >= 15 is 0 Å². The van der Waals surface area contributed by atoms with Crippen LogP contribution in [0.3, 0.4) is 0 Å². The van der Waals surface area contributed by atoms with Crippen molar-refractivity contribution in [1.29, 1.82) is 0 Å². The van der Waals surface area contributed by atoms with Gasteiger partial charge in [-0.15, -0.1) is 0 Å². The summed E-state index contributed by atoms with van der Waals surface area (Å²) in [6.07, 6.45) is 8.89. The zero-order valence-corrected chi connectivity index (χ0v) is 12.8. The summed E-state index contributed by atoms with van der Waals surface area (Å²) in [4.78, 5) is 4.12. The maximum absolute atomic E-state index is 4.12. The van der Waals surface area contributed by atoms with Crippen molar-refractivity contribution < 1.29 is 0 Å². The largest absolute Gasteiger partial charge is 0.310 e. The predicted octanol–water partition coefficient (Wildman–Crippen LogP) is 4.24. The molecule has 1 aromatic carbocycles. The second-order valence-electron chi connectivity index (χ2n) is 5.93. The quantitative estimate of drug-likeness (QED) is 0.856. The Bertz CT molecular complexity index is 561. The van der Waals surface area contributed by atoms with Crippen LogP contribution in [0.5, 0.6) is 0 Å². The first-order valence-electron chi connectivity index (χ1n) is 8.09. The van der Waals surface area contributed by atoms with Gasteiger partial charge in [-0.1, -0.05) is 37.6 Å². The Morgan fingerprint density at radius 2 is 1.90 bits per heavy atom. The van der Waals surface area contributed by atoms with Gasteiger partial charge < -0.3 is 5.32 Å². The topological polar surface area (TPSA) is 24.9 Å². The summed E-state index contributed by atoms with van der Waals surface area (Å²) in [7, 11) is 0. The van der Waals surface area contributed by atoms with E-state index in [0.29, 0.717) is 6.04 Å². The van der Waals surface area contributed by atoms with Crippen molar-refractivity contribution in [2.24, 2.45) is 0 Å². The normalized spacial score (nSPS) is 16.4. The highest BCUT2D eigenvalue weighted by Crippen LogP contribution is 2.39. The summed E-state index contributed by atoms with van der Waals surface area (Å²) in [5, 5.41) is 3.67. The van der Waals surface area contributed by atoms with Crippen LogP contribution in [0.4, 0.5) is 0 Å². The molecule has 2 aromatic rings. The molecule has 0 aliphatic heterocycles. The Labute approximate surface area is 127 Å². The van der Waals surface area contributed by atoms with Gasteiger partial charge in [0.25, 0.3) is 0 Å². The lowest BCUT2D eigenvalue weighted by Gasteiger charge is -2.31. The summed E-state index contributed by atoms with van der Waals surface area (Å²) < 4.78 is 0. The summed E-state index contributed by atoms with van der Waals surface area (Å²) in [6, 6.07) is 13.6. The number of nitrogens with one attached hydrogen (secondary N) is 1. The fraction of sp³-hybridized carbons (Fsp3) is 0.421. The van der Waals surface area contributed by atoms with Gasteiger partial charge in [-0.3, -0.25) is 4.98 Å². The molecule has 1 aliphatic carbocycles. The van der Waals surface area contributed by atoms with Crippen LogP contribution in [0, 0.1) is 0 Å². The van der Waals surface area contributed by atoms with Crippen LogP contribution < -0.4 is 5.32 Å². The van der Waals surface area contributed by atoms with Gasteiger partial charge in [0.2, 0.25) is 0 Å². The Balaban J connectivity index is 1.86. The Morgan fingerprint density at radius 3 is 2.57 bits per heavy atom. The first kappa shape index (κ1) is 14.3. The fourth-order valence-electron chi connectivity index (χ4n) is 3.21. The SMILES string of the molecule is CCNC(Cc1ccncc1)c1ccccc1C1CCC1. The molecule has 0 spiro atoms. The number of likely N-dealkylation sites (N-methyl/N-ethyl adjacent to an activating group) is 1. The number of aromatic nitrogens is 1. The van der Waals surface area contributed by atoms with Crippen LogP contribution in [-0.4, -0.2) is 11.5 Å². The second kappa shape index (κ2) is 6.86. The summed E-state index contributed by atoms with van der Waals surface area (Å²) in [5.41, 5.74) is 4.39. The third kappa shape index (κ3) is 3.33. The van der Waals surface area contributed by atoms with Gasteiger partial charge in [-0.25, -0.2) is 0 Å². The van der Waals surface area contributed by atoms with E-state index in [2.05, 4.69) is 53.6 Å². The molecule has 1 unspecified atom stereocenters. The van der Waals surface area contributed by atoms with Gasteiger partial charge in [0.05, 0.1) is 0 Å². The molecule has 0 bridgehead atoms. The van der Waals surface area contributed by atoms with E-state index in [4.69, 9.17) is 0 Å². The van der Waals surface area contributed by atoms with Crippen molar-refractivity contribution in [2.45, 2.75) is 44.6 Å². The van der Waals surface area contributed by atoms with Gasteiger partial charge in [0.15, 0.2) is 0 Å². The van der Waals surface area contributed by atoms with E-state index in [1.54, 1.807) is 5.56 Å². The highest BCUT2D eigenvalue weighted by molar-refractivity contribution is 5.35. The van der Waals surface area contributed by atoms with Crippen molar-refractivity contribution in [2.75, 3.05) is 6.54 Å². The van der Waals surface area contributed by atoms with E-state index in [-0.39, 0.29) is 0 Å². The van der Waals surface area contributed by atoms with Crippen molar-refractivity contribution in [3.05, 3.63) is 65.5 Å². The zero-order chi connectivity index (χ0) is 14.5. The molecular formula is C19H24N2. The van der Waals surface area contributed by atoms with Gasteiger partial charge in [-0.05, 0) is 60.5 Å². The van der Waals surface area contributed by atoms with Crippen molar-refractivity contribution >= 4 is 0 Å². The number of nitrogens with zero attached hydrogens (tertiary/aromatic N) is 1. The Morgan fingerprint density at radius 1 is 1.14 bits per heavy atom. The highest BCUT2D eigenvalue weighted by atomic mass is 14.9. The summed E-state index contributed by atoms with van der Waals surface area (Å²) in [6.45, 7) is 3.18. The maximum Gasteiger partial charge on any atom is 0.0363 e. The number of rotatable bonds is 6. The number of benzene rings is 1. The lowest BCUT2D eigenvalue weighted by atomic mass is 9.76. The molecule has 21 heavy (non-hydrogen) atoms. The van der Waals surface area contributed by atoms with Crippen molar-refractivity contribution in [3.8, 4) is 0 Å². The van der Waals surface area contributed by atoms with E-state index in [9.17, 15) is 0 Å². The smallest absolute Gasteiger partial charge is 0.0363 e. The maximum atomic E-state index is 4.12. The third-order valence-corrected chi connectivity index (χ3v) is 4.56. The standard InChI is InChI=1S/C19H24N2/c1-2-21-19(14-15-10-12-20-13-11-15)18-9-4-3-8-17(18)16-6-5-7-16/h3-4,8-13,16,19,21H,2,5-7,14H2,1H3. The zero-order valence-electron chi connectivity index (χ0n) is 12.8. The molecule has 2 nitrogen and oxygen atoms in total. The van der Waals surface area contributed by atoms with E-state index < -0.39 is 0 Å². The number of pyridine rings is 1. The van der Waals surface area contributed by atoms with E-state index in [1.807, 2.05) is 12.4 Å². The highest BCUT2D eigenvalue weighted by Gasteiger charge is 2.24. The molecule has 1 fully saturated rings. The third-order valence-electron chi connectivity index (χ3n) is 4.56. The molecule has 1 aliphatic rings. The summed E-state index contributed by atoms with van der Waals surface area (Å²) in [5.74, 6) is 0.778.